The Balaban J connectivity index is 2.96. The molecule has 19 heavy (non-hydrogen) atoms. The van der Waals surface area contributed by atoms with Gasteiger partial charge in [-0.15, -0.1) is 0 Å². The van der Waals surface area contributed by atoms with Crippen LogP contribution in [0.3, 0.4) is 0 Å². The summed E-state index contributed by atoms with van der Waals surface area (Å²) in [5.74, 6) is -0.0669. The average molecular weight is 284 g/mol. The molecular formula is C14H18ClNO3. The van der Waals surface area contributed by atoms with Gasteiger partial charge in [-0.2, -0.15) is 0 Å². The topological polar surface area (TPSA) is 55.4 Å². The number of Topliss-reactive ketones (excluding diaryl/α,β-unsaturated/α-hetero) is 1. The maximum absolute atomic E-state index is 11.8. The molecule has 0 bridgehead atoms. The first kappa shape index (κ1) is 15.5. The first-order valence-electron chi connectivity index (χ1n) is 6.05. The number of ether oxygens (including phenoxy) is 1. The zero-order chi connectivity index (χ0) is 14.6. The fourth-order valence-electron chi connectivity index (χ4n) is 1.47. The molecule has 4 nitrogen and oxygen atoms in total. The fraction of sp³-hybridized carbons (Fsp3) is 0.429. The van der Waals surface area contributed by atoms with Gasteiger partial charge in [0.1, 0.15) is 5.60 Å². The van der Waals surface area contributed by atoms with Crippen LogP contribution in [0.5, 0.6) is 0 Å². The highest BCUT2D eigenvalue weighted by Gasteiger charge is 2.18. The Labute approximate surface area is 118 Å². The molecule has 0 saturated carbocycles. The van der Waals surface area contributed by atoms with E-state index in [1.165, 1.54) is 6.07 Å². The minimum absolute atomic E-state index is 0.0669. The van der Waals surface area contributed by atoms with Crippen molar-refractivity contribution in [2.45, 2.75) is 39.7 Å². The second kappa shape index (κ2) is 6.06. The largest absolute Gasteiger partial charge is 0.444 e. The van der Waals surface area contributed by atoms with Gasteiger partial charge >= 0.3 is 6.09 Å². The molecule has 0 aliphatic rings. The van der Waals surface area contributed by atoms with Crippen LogP contribution in [-0.2, 0) is 4.74 Å². The van der Waals surface area contributed by atoms with Gasteiger partial charge in [0.05, 0.1) is 5.69 Å². The molecule has 1 aromatic carbocycles. The summed E-state index contributed by atoms with van der Waals surface area (Å²) in [5, 5.41) is 3.00. The van der Waals surface area contributed by atoms with Crippen molar-refractivity contribution < 1.29 is 14.3 Å². The molecule has 1 aromatic rings. The van der Waals surface area contributed by atoms with Gasteiger partial charge in [-0.3, -0.25) is 10.1 Å². The average Bonchev–Trinajstić information content (AvgIpc) is 2.25. The van der Waals surface area contributed by atoms with Gasteiger partial charge in [-0.05, 0) is 39.0 Å². The Morgan fingerprint density at radius 1 is 1.32 bits per heavy atom. The first-order chi connectivity index (χ1) is 8.73. The van der Waals surface area contributed by atoms with Crippen LogP contribution in [0.1, 0.15) is 44.5 Å². The highest BCUT2D eigenvalue weighted by Crippen LogP contribution is 2.23. The van der Waals surface area contributed by atoms with Crippen molar-refractivity contribution in [3.8, 4) is 0 Å². The van der Waals surface area contributed by atoms with Gasteiger partial charge < -0.3 is 4.74 Å². The summed E-state index contributed by atoms with van der Waals surface area (Å²) >= 11 is 5.88. The van der Waals surface area contributed by atoms with Crippen LogP contribution in [0.4, 0.5) is 10.5 Å². The van der Waals surface area contributed by atoms with Gasteiger partial charge in [0.2, 0.25) is 0 Å². The van der Waals surface area contributed by atoms with Crippen molar-refractivity contribution in [1.82, 2.24) is 0 Å². The molecule has 1 N–H and O–H groups in total. The summed E-state index contributed by atoms with van der Waals surface area (Å²) in [4.78, 5) is 23.5. The number of benzene rings is 1. The predicted molar refractivity (Wildman–Crippen MR) is 75.9 cm³/mol. The van der Waals surface area contributed by atoms with E-state index in [0.717, 1.165) is 0 Å². The van der Waals surface area contributed by atoms with E-state index in [-0.39, 0.29) is 5.78 Å². The van der Waals surface area contributed by atoms with Crippen LogP contribution >= 0.6 is 11.6 Å². The van der Waals surface area contributed by atoms with Gasteiger partial charge in [-0.1, -0.05) is 18.5 Å². The summed E-state index contributed by atoms with van der Waals surface area (Å²) in [6, 6.07) is 4.75. The molecule has 0 aliphatic carbocycles. The lowest BCUT2D eigenvalue weighted by atomic mass is 10.1. The quantitative estimate of drug-likeness (QED) is 0.842. The van der Waals surface area contributed by atoms with E-state index < -0.39 is 11.7 Å². The second-order valence-electron chi connectivity index (χ2n) is 5.09. The number of rotatable bonds is 3. The SMILES string of the molecule is CCC(=O)c1ccc(Cl)cc1NC(=O)OC(C)(C)C. The Morgan fingerprint density at radius 3 is 2.47 bits per heavy atom. The number of amides is 1. The smallest absolute Gasteiger partial charge is 0.412 e. The Kier molecular flexibility index (Phi) is 4.95. The minimum Gasteiger partial charge on any atom is -0.444 e. The van der Waals surface area contributed by atoms with E-state index in [4.69, 9.17) is 16.3 Å². The van der Waals surface area contributed by atoms with E-state index in [1.807, 2.05) is 0 Å². The summed E-state index contributed by atoms with van der Waals surface area (Å²) in [6.45, 7) is 7.06. The number of anilines is 1. The highest BCUT2D eigenvalue weighted by molar-refractivity contribution is 6.31. The number of nitrogens with one attached hydrogen (secondary N) is 1. The van der Waals surface area contributed by atoms with Crippen molar-refractivity contribution >= 4 is 29.2 Å². The van der Waals surface area contributed by atoms with Gasteiger partial charge in [0.25, 0.3) is 0 Å². The van der Waals surface area contributed by atoms with Crippen LogP contribution in [0.25, 0.3) is 0 Å². The monoisotopic (exact) mass is 283 g/mol. The Hall–Kier alpha value is -1.55. The summed E-state index contributed by atoms with van der Waals surface area (Å²) in [6.07, 6.45) is -0.259. The molecule has 0 unspecified atom stereocenters. The minimum atomic E-state index is -0.611. The maximum atomic E-state index is 11.8. The number of hydrogen-bond donors (Lipinski definition) is 1. The van der Waals surface area contributed by atoms with Crippen LogP contribution in [0.15, 0.2) is 18.2 Å². The summed E-state index contributed by atoms with van der Waals surface area (Å²) in [7, 11) is 0. The lowest BCUT2D eigenvalue weighted by Crippen LogP contribution is -2.27. The Morgan fingerprint density at radius 2 is 1.95 bits per heavy atom. The van der Waals surface area contributed by atoms with Crippen LogP contribution in [0.2, 0.25) is 5.02 Å². The fourth-order valence-corrected chi connectivity index (χ4v) is 1.64. The molecule has 104 valence electrons. The molecule has 0 radical (unpaired) electrons. The third-order valence-corrected chi connectivity index (χ3v) is 2.47. The van der Waals surface area contributed by atoms with E-state index in [0.29, 0.717) is 22.7 Å². The molecule has 5 heteroatoms. The number of hydrogen-bond acceptors (Lipinski definition) is 3. The van der Waals surface area contributed by atoms with Gasteiger partial charge in [0.15, 0.2) is 5.78 Å². The molecule has 1 rings (SSSR count). The standard InChI is InChI=1S/C14H18ClNO3/c1-5-12(17)10-7-6-9(15)8-11(10)16-13(18)19-14(2,3)4/h6-8H,5H2,1-4H3,(H,16,18). The summed E-state index contributed by atoms with van der Waals surface area (Å²) < 4.78 is 5.15. The molecule has 0 atom stereocenters. The van der Waals surface area contributed by atoms with Crippen LogP contribution in [0, 0.1) is 0 Å². The highest BCUT2D eigenvalue weighted by atomic mass is 35.5. The van der Waals surface area contributed by atoms with Crippen molar-refractivity contribution in [2.75, 3.05) is 5.32 Å². The van der Waals surface area contributed by atoms with E-state index in [9.17, 15) is 9.59 Å². The lowest BCUT2D eigenvalue weighted by molar-refractivity contribution is 0.0636. The predicted octanol–water partition coefficient (Wildman–Crippen LogP) is 4.28. The zero-order valence-electron chi connectivity index (χ0n) is 11.5. The van der Waals surface area contributed by atoms with Crippen molar-refractivity contribution in [2.24, 2.45) is 0 Å². The molecule has 0 spiro atoms. The van der Waals surface area contributed by atoms with E-state index >= 15 is 0 Å². The van der Waals surface area contributed by atoms with Crippen molar-refractivity contribution in [1.29, 1.82) is 0 Å². The molecular weight excluding hydrogens is 266 g/mol. The number of carbonyl (C=O) groups is 2. The van der Waals surface area contributed by atoms with E-state index in [1.54, 1.807) is 39.8 Å². The molecule has 0 saturated heterocycles. The Bertz CT molecular complexity index is 492. The second-order valence-corrected chi connectivity index (χ2v) is 5.53. The number of carbonyl (C=O) groups excluding carboxylic acids is 2. The molecule has 0 aliphatic heterocycles. The molecule has 0 heterocycles. The van der Waals surface area contributed by atoms with Crippen molar-refractivity contribution in [3.63, 3.8) is 0 Å². The lowest BCUT2D eigenvalue weighted by Gasteiger charge is -2.20. The van der Waals surface area contributed by atoms with Crippen LogP contribution in [-0.4, -0.2) is 17.5 Å². The van der Waals surface area contributed by atoms with Gasteiger partial charge in [-0.25, -0.2) is 4.79 Å². The van der Waals surface area contributed by atoms with Crippen LogP contribution < -0.4 is 5.32 Å². The maximum Gasteiger partial charge on any atom is 0.412 e. The third kappa shape index (κ3) is 4.91. The van der Waals surface area contributed by atoms with Gasteiger partial charge in [0, 0.05) is 17.0 Å². The molecule has 0 fully saturated rings. The third-order valence-electron chi connectivity index (χ3n) is 2.24. The molecule has 1 amide bonds. The summed E-state index contributed by atoms with van der Waals surface area (Å²) in [5.41, 5.74) is 0.198. The first-order valence-corrected chi connectivity index (χ1v) is 6.43. The van der Waals surface area contributed by atoms with E-state index in [2.05, 4.69) is 5.32 Å². The number of ketones is 1. The molecule has 0 aromatic heterocycles. The normalized spacial score (nSPS) is 11.0. The number of halogens is 1. The zero-order valence-corrected chi connectivity index (χ0v) is 12.3. The van der Waals surface area contributed by atoms with Crippen molar-refractivity contribution in [3.05, 3.63) is 28.8 Å².